The number of carbonyl (C=O) groups excluding carboxylic acids is 2. The zero-order valence-electron chi connectivity index (χ0n) is 14.1. The van der Waals surface area contributed by atoms with Crippen LogP contribution in [-0.4, -0.2) is 30.3 Å². The first kappa shape index (κ1) is 19.6. The van der Waals surface area contributed by atoms with Gasteiger partial charge in [0, 0.05) is 42.0 Å². The van der Waals surface area contributed by atoms with Gasteiger partial charge in [-0.25, -0.2) is 4.39 Å². The van der Waals surface area contributed by atoms with Crippen molar-refractivity contribution >= 4 is 27.7 Å². The predicted molar refractivity (Wildman–Crippen MR) is 92.3 cm³/mol. The van der Waals surface area contributed by atoms with Gasteiger partial charge in [0.2, 0.25) is 11.8 Å². The zero-order valence-corrected chi connectivity index (χ0v) is 15.7. The van der Waals surface area contributed by atoms with Gasteiger partial charge in [0.05, 0.1) is 0 Å². The number of hydrogen-bond donors (Lipinski definition) is 1. The molecule has 0 aliphatic heterocycles. The van der Waals surface area contributed by atoms with E-state index in [0.29, 0.717) is 24.9 Å². The van der Waals surface area contributed by atoms with E-state index in [4.69, 9.17) is 0 Å². The van der Waals surface area contributed by atoms with Gasteiger partial charge in [0.1, 0.15) is 5.82 Å². The van der Waals surface area contributed by atoms with E-state index in [1.807, 2.05) is 20.8 Å². The number of halogens is 2. The molecule has 1 aromatic rings. The highest BCUT2D eigenvalue weighted by Crippen LogP contribution is 2.17. The van der Waals surface area contributed by atoms with Crippen LogP contribution in [-0.2, 0) is 16.1 Å². The lowest BCUT2D eigenvalue weighted by Crippen LogP contribution is -2.36. The second kappa shape index (κ2) is 8.43. The molecule has 0 atom stereocenters. The molecule has 6 heteroatoms. The summed E-state index contributed by atoms with van der Waals surface area (Å²) in [5.41, 5.74) is 0.0372. The minimum absolute atomic E-state index is 0.0329. The maximum absolute atomic E-state index is 13.7. The monoisotopic (exact) mass is 386 g/mol. The van der Waals surface area contributed by atoms with Crippen molar-refractivity contribution in [3.05, 3.63) is 34.1 Å². The van der Waals surface area contributed by atoms with Gasteiger partial charge in [-0.05, 0) is 24.6 Å². The number of carbonyl (C=O) groups is 2. The van der Waals surface area contributed by atoms with E-state index in [2.05, 4.69) is 21.2 Å². The van der Waals surface area contributed by atoms with Crippen molar-refractivity contribution in [1.29, 1.82) is 0 Å². The van der Waals surface area contributed by atoms with Gasteiger partial charge < -0.3 is 10.2 Å². The van der Waals surface area contributed by atoms with Crippen molar-refractivity contribution in [3.63, 3.8) is 0 Å². The number of rotatable bonds is 6. The second-order valence-corrected chi connectivity index (χ2v) is 7.51. The normalized spacial score (nSPS) is 11.2. The Kier molecular flexibility index (Phi) is 7.19. The third-order valence-corrected chi connectivity index (χ3v) is 3.87. The van der Waals surface area contributed by atoms with E-state index in [1.165, 1.54) is 11.0 Å². The number of nitrogens with zero attached hydrogens (tertiary/aromatic N) is 1. The van der Waals surface area contributed by atoms with Gasteiger partial charge in [-0.1, -0.05) is 36.7 Å². The summed E-state index contributed by atoms with van der Waals surface area (Å²) < 4.78 is 14.5. The van der Waals surface area contributed by atoms with Crippen LogP contribution in [0.15, 0.2) is 22.7 Å². The summed E-state index contributed by atoms with van der Waals surface area (Å²) in [5, 5.41) is 2.81. The largest absolute Gasteiger partial charge is 0.356 e. The zero-order chi connectivity index (χ0) is 17.6. The van der Waals surface area contributed by atoms with E-state index in [9.17, 15) is 14.0 Å². The van der Waals surface area contributed by atoms with Crippen LogP contribution in [0, 0.1) is 11.2 Å². The minimum Gasteiger partial charge on any atom is -0.356 e. The molecule has 0 aromatic heterocycles. The average molecular weight is 387 g/mol. The van der Waals surface area contributed by atoms with Crippen molar-refractivity contribution < 1.29 is 14.0 Å². The van der Waals surface area contributed by atoms with Crippen molar-refractivity contribution in [2.75, 3.05) is 13.6 Å². The lowest BCUT2D eigenvalue weighted by Gasteiger charge is -2.19. The molecule has 0 spiro atoms. The molecule has 2 amide bonds. The molecule has 0 heterocycles. The fourth-order valence-electron chi connectivity index (χ4n) is 1.91. The van der Waals surface area contributed by atoms with Crippen LogP contribution < -0.4 is 5.32 Å². The lowest BCUT2D eigenvalue weighted by atomic mass is 9.96. The average Bonchev–Trinajstić information content (AvgIpc) is 2.45. The lowest BCUT2D eigenvalue weighted by molar-refractivity contribution is -0.131. The molecule has 1 rings (SSSR count). The van der Waals surface area contributed by atoms with Crippen LogP contribution >= 0.6 is 15.9 Å². The van der Waals surface area contributed by atoms with E-state index >= 15 is 0 Å². The molecule has 0 radical (unpaired) electrons. The summed E-state index contributed by atoms with van der Waals surface area (Å²) in [5.74, 6) is -0.436. The second-order valence-electron chi connectivity index (χ2n) is 6.59. The molecule has 0 saturated heterocycles. The SMILES string of the molecule is CN(Cc1cc(Br)ccc1F)C(=O)CCCNC(=O)C(C)(C)C. The fourth-order valence-corrected chi connectivity index (χ4v) is 2.31. The Morgan fingerprint density at radius 2 is 1.96 bits per heavy atom. The van der Waals surface area contributed by atoms with E-state index < -0.39 is 5.41 Å². The Labute approximate surface area is 145 Å². The Hall–Kier alpha value is -1.43. The molecule has 1 N–H and O–H groups in total. The third kappa shape index (κ3) is 6.69. The quantitative estimate of drug-likeness (QED) is 0.760. The standard InChI is InChI=1S/C17H24BrFN2O2/c1-17(2,3)16(23)20-9-5-6-15(22)21(4)11-12-10-13(18)7-8-14(12)19/h7-8,10H,5-6,9,11H2,1-4H3,(H,20,23). The first-order valence-electron chi connectivity index (χ1n) is 7.57. The summed E-state index contributed by atoms with van der Waals surface area (Å²) in [6.07, 6.45) is 0.877. The predicted octanol–water partition coefficient (Wildman–Crippen LogP) is 3.49. The first-order valence-corrected chi connectivity index (χ1v) is 8.36. The van der Waals surface area contributed by atoms with Gasteiger partial charge in [-0.15, -0.1) is 0 Å². The Balaban J connectivity index is 2.40. The molecule has 0 aliphatic carbocycles. The highest BCUT2D eigenvalue weighted by atomic mass is 79.9. The summed E-state index contributed by atoms with van der Waals surface area (Å²) >= 11 is 3.29. The van der Waals surface area contributed by atoms with Crippen molar-refractivity contribution in [2.45, 2.75) is 40.2 Å². The molecular formula is C17H24BrFN2O2. The maximum Gasteiger partial charge on any atom is 0.225 e. The van der Waals surface area contributed by atoms with Crippen LogP contribution in [0.3, 0.4) is 0 Å². The van der Waals surface area contributed by atoms with Crippen LogP contribution in [0.1, 0.15) is 39.2 Å². The van der Waals surface area contributed by atoms with Gasteiger partial charge >= 0.3 is 0 Å². The Morgan fingerprint density at radius 3 is 2.57 bits per heavy atom. The molecule has 0 bridgehead atoms. The van der Waals surface area contributed by atoms with E-state index in [-0.39, 0.29) is 24.2 Å². The van der Waals surface area contributed by atoms with Gasteiger partial charge in [0.25, 0.3) is 0 Å². The molecule has 4 nitrogen and oxygen atoms in total. The van der Waals surface area contributed by atoms with Crippen LogP contribution in [0.4, 0.5) is 4.39 Å². The molecule has 0 fully saturated rings. The minimum atomic E-state index is -0.432. The molecule has 0 aliphatic rings. The summed E-state index contributed by atoms with van der Waals surface area (Å²) in [6.45, 7) is 6.20. The van der Waals surface area contributed by atoms with E-state index in [0.717, 1.165) is 4.47 Å². The molecule has 0 saturated carbocycles. The van der Waals surface area contributed by atoms with Crippen molar-refractivity contribution in [3.8, 4) is 0 Å². The summed E-state index contributed by atoms with van der Waals surface area (Å²) in [4.78, 5) is 25.3. The van der Waals surface area contributed by atoms with E-state index in [1.54, 1.807) is 19.2 Å². The third-order valence-electron chi connectivity index (χ3n) is 3.38. The highest BCUT2D eigenvalue weighted by Gasteiger charge is 2.20. The highest BCUT2D eigenvalue weighted by molar-refractivity contribution is 9.10. The summed E-state index contributed by atoms with van der Waals surface area (Å²) in [7, 11) is 1.65. The number of nitrogens with one attached hydrogen (secondary N) is 1. The molecule has 23 heavy (non-hydrogen) atoms. The topological polar surface area (TPSA) is 49.4 Å². The molecular weight excluding hydrogens is 363 g/mol. The van der Waals surface area contributed by atoms with Gasteiger partial charge in [0.15, 0.2) is 0 Å². The number of hydrogen-bond acceptors (Lipinski definition) is 2. The maximum atomic E-state index is 13.7. The van der Waals surface area contributed by atoms with Crippen molar-refractivity contribution in [1.82, 2.24) is 10.2 Å². The molecule has 1 aromatic carbocycles. The van der Waals surface area contributed by atoms with Gasteiger partial charge in [-0.3, -0.25) is 9.59 Å². The van der Waals surface area contributed by atoms with Crippen molar-refractivity contribution in [2.24, 2.45) is 5.41 Å². The van der Waals surface area contributed by atoms with Crippen LogP contribution in [0.25, 0.3) is 0 Å². The molecule has 0 unspecified atom stereocenters. The van der Waals surface area contributed by atoms with Crippen LogP contribution in [0.5, 0.6) is 0 Å². The van der Waals surface area contributed by atoms with Crippen LogP contribution in [0.2, 0.25) is 0 Å². The fraction of sp³-hybridized carbons (Fsp3) is 0.529. The Morgan fingerprint density at radius 1 is 1.30 bits per heavy atom. The molecule has 128 valence electrons. The smallest absolute Gasteiger partial charge is 0.225 e. The Bertz CT molecular complexity index is 570. The first-order chi connectivity index (χ1) is 10.6. The van der Waals surface area contributed by atoms with Gasteiger partial charge in [-0.2, -0.15) is 0 Å². The number of benzene rings is 1. The summed E-state index contributed by atoms with van der Waals surface area (Å²) in [6, 6.07) is 4.67. The number of amides is 2.